The fourth-order valence-electron chi connectivity index (χ4n) is 2.36. The standard InChI is InChI=1S/C17H17ClN4O/c1-19-9-8-12-6-7-16-20-10-15(22(16)11-12)17(23)21-14-5-3-2-4-13(14)18/h2-7,10-11,19H,8-9H2,1H3,(H,21,23). The van der Waals surface area contributed by atoms with Gasteiger partial charge in [0.25, 0.3) is 5.91 Å². The van der Waals surface area contributed by atoms with E-state index in [9.17, 15) is 4.79 Å². The van der Waals surface area contributed by atoms with Crippen molar-refractivity contribution in [2.75, 3.05) is 18.9 Å². The van der Waals surface area contributed by atoms with Crippen LogP contribution in [0.4, 0.5) is 5.69 Å². The van der Waals surface area contributed by atoms with Gasteiger partial charge in [-0.2, -0.15) is 0 Å². The molecule has 0 fully saturated rings. The smallest absolute Gasteiger partial charge is 0.274 e. The number of benzene rings is 1. The van der Waals surface area contributed by atoms with Crippen molar-refractivity contribution in [3.8, 4) is 0 Å². The summed E-state index contributed by atoms with van der Waals surface area (Å²) in [6.45, 7) is 0.876. The molecular weight excluding hydrogens is 312 g/mol. The molecule has 2 aromatic heterocycles. The maximum absolute atomic E-state index is 12.5. The van der Waals surface area contributed by atoms with E-state index >= 15 is 0 Å². The summed E-state index contributed by atoms with van der Waals surface area (Å²) in [5.74, 6) is -0.239. The summed E-state index contributed by atoms with van der Waals surface area (Å²) in [5, 5.41) is 6.44. The predicted molar refractivity (Wildman–Crippen MR) is 92.2 cm³/mol. The second-order valence-corrected chi connectivity index (χ2v) is 5.60. The van der Waals surface area contributed by atoms with Crippen LogP contribution in [0.5, 0.6) is 0 Å². The highest BCUT2D eigenvalue weighted by Crippen LogP contribution is 2.21. The van der Waals surface area contributed by atoms with Gasteiger partial charge in [-0.3, -0.25) is 9.20 Å². The van der Waals surface area contributed by atoms with Crippen molar-refractivity contribution < 1.29 is 4.79 Å². The average Bonchev–Trinajstić information content (AvgIpc) is 2.98. The minimum atomic E-state index is -0.239. The lowest BCUT2D eigenvalue weighted by Crippen LogP contribution is -2.15. The first-order valence-corrected chi connectivity index (χ1v) is 7.73. The van der Waals surface area contributed by atoms with Gasteiger partial charge in [-0.15, -0.1) is 0 Å². The number of pyridine rings is 1. The molecule has 2 heterocycles. The maximum atomic E-state index is 12.5. The van der Waals surface area contributed by atoms with E-state index in [1.165, 1.54) is 0 Å². The van der Waals surface area contributed by atoms with Gasteiger partial charge in [0.15, 0.2) is 0 Å². The fourth-order valence-corrected chi connectivity index (χ4v) is 2.54. The van der Waals surface area contributed by atoms with Gasteiger partial charge in [0.1, 0.15) is 11.3 Å². The topological polar surface area (TPSA) is 58.4 Å². The summed E-state index contributed by atoms with van der Waals surface area (Å²) in [6.07, 6.45) is 4.40. The number of carbonyl (C=O) groups is 1. The molecule has 6 heteroatoms. The largest absolute Gasteiger partial charge is 0.319 e. The second kappa shape index (κ2) is 6.81. The number of amides is 1. The number of imidazole rings is 1. The van der Waals surface area contributed by atoms with E-state index in [1.54, 1.807) is 22.7 Å². The van der Waals surface area contributed by atoms with Gasteiger partial charge in [0.2, 0.25) is 0 Å². The molecule has 3 rings (SSSR count). The van der Waals surface area contributed by atoms with E-state index in [-0.39, 0.29) is 5.91 Å². The molecule has 1 amide bonds. The number of hydrogen-bond donors (Lipinski definition) is 2. The van der Waals surface area contributed by atoms with Crippen molar-refractivity contribution >= 4 is 28.8 Å². The second-order valence-electron chi connectivity index (χ2n) is 5.20. The Hall–Kier alpha value is -2.37. The normalized spacial score (nSPS) is 10.9. The summed E-state index contributed by atoms with van der Waals surface area (Å²) < 4.78 is 1.80. The van der Waals surface area contributed by atoms with Gasteiger partial charge in [-0.25, -0.2) is 4.98 Å². The molecular formula is C17H17ClN4O. The average molecular weight is 329 g/mol. The first-order chi connectivity index (χ1) is 11.2. The van der Waals surface area contributed by atoms with Gasteiger partial charge in [-0.05, 0) is 43.8 Å². The Morgan fingerprint density at radius 3 is 2.87 bits per heavy atom. The highest BCUT2D eigenvalue weighted by molar-refractivity contribution is 6.33. The van der Waals surface area contributed by atoms with Gasteiger partial charge in [0, 0.05) is 6.20 Å². The van der Waals surface area contributed by atoms with E-state index in [4.69, 9.17) is 11.6 Å². The van der Waals surface area contributed by atoms with Crippen LogP contribution in [0, 0.1) is 0 Å². The van der Waals surface area contributed by atoms with E-state index in [1.807, 2.05) is 37.5 Å². The molecule has 0 radical (unpaired) electrons. The highest BCUT2D eigenvalue weighted by atomic mass is 35.5. The van der Waals surface area contributed by atoms with Crippen LogP contribution in [0.3, 0.4) is 0 Å². The molecule has 0 unspecified atom stereocenters. The van der Waals surface area contributed by atoms with Crippen LogP contribution < -0.4 is 10.6 Å². The highest BCUT2D eigenvalue weighted by Gasteiger charge is 2.13. The zero-order valence-electron chi connectivity index (χ0n) is 12.7. The van der Waals surface area contributed by atoms with Crippen molar-refractivity contribution in [2.45, 2.75) is 6.42 Å². The molecule has 23 heavy (non-hydrogen) atoms. The molecule has 118 valence electrons. The van der Waals surface area contributed by atoms with E-state index < -0.39 is 0 Å². The number of para-hydroxylation sites is 1. The molecule has 0 saturated heterocycles. The van der Waals surface area contributed by atoms with Crippen molar-refractivity contribution in [1.82, 2.24) is 14.7 Å². The Morgan fingerprint density at radius 1 is 1.26 bits per heavy atom. The number of fused-ring (bicyclic) bond motifs is 1. The van der Waals surface area contributed by atoms with Crippen molar-refractivity contribution in [2.24, 2.45) is 0 Å². The number of likely N-dealkylation sites (N-methyl/N-ethyl adjacent to an activating group) is 1. The van der Waals surface area contributed by atoms with Gasteiger partial charge in [0.05, 0.1) is 16.9 Å². The Labute approximate surface area is 139 Å². The Bertz CT molecular complexity index is 843. The molecule has 0 aliphatic carbocycles. The lowest BCUT2D eigenvalue weighted by Gasteiger charge is -2.08. The lowest BCUT2D eigenvalue weighted by molar-refractivity contribution is 0.102. The third-order valence-corrected chi connectivity index (χ3v) is 3.91. The molecule has 0 saturated carbocycles. The third kappa shape index (κ3) is 3.36. The molecule has 0 atom stereocenters. The van der Waals surface area contributed by atoms with Crippen LogP contribution in [-0.4, -0.2) is 28.9 Å². The molecule has 0 aliphatic heterocycles. The van der Waals surface area contributed by atoms with Crippen LogP contribution in [0.2, 0.25) is 5.02 Å². The number of rotatable bonds is 5. The first kappa shape index (κ1) is 15.5. The number of carbonyl (C=O) groups excluding carboxylic acids is 1. The van der Waals surface area contributed by atoms with Gasteiger partial charge in [-0.1, -0.05) is 29.8 Å². The summed E-state index contributed by atoms with van der Waals surface area (Å²) in [4.78, 5) is 16.8. The molecule has 2 N–H and O–H groups in total. The quantitative estimate of drug-likeness (QED) is 0.757. The van der Waals surface area contributed by atoms with Crippen molar-refractivity contribution in [3.63, 3.8) is 0 Å². The summed E-state index contributed by atoms with van der Waals surface area (Å²) in [7, 11) is 1.91. The van der Waals surface area contributed by atoms with Crippen LogP contribution >= 0.6 is 11.6 Å². The van der Waals surface area contributed by atoms with Crippen LogP contribution in [0.15, 0.2) is 48.8 Å². The number of halogens is 1. The SMILES string of the molecule is CNCCc1ccc2ncc(C(=O)Nc3ccccc3Cl)n2c1. The Morgan fingerprint density at radius 2 is 2.09 bits per heavy atom. The molecule has 0 spiro atoms. The number of nitrogens with one attached hydrogen (secondary N) is 2. The summed E-state index contributed by atoms with van der Waals surface area (Å²) >= 11 is 6.09. The molecule has 1 aromatic carbocycles. The number of nitrogens with zero attached hydrogens (tertiary/aromatic N) is 2. The minimum absolute atomic E-state index is 0.239. The summed E-state index contributed by atoms with van der Waals surface area (Å²) in [5.41, 5.74) is 2.94. The van der Waals surface area contributed by atoms with Crippen molar-refractivity contribution in [1.29, 1.82) is 0 Å². The number of hydrogen-bond acceptors (Lipinski definition) is 3. The Kier molecular flexibility index (Phi) is 4.60. The summed E-state index contributed by atoms with van der Waals surface area (Å²) in [6, 6.07) is 11.1. The monoisotopic (exact) mass is 328 g/mol. The molecule has 5 nitrogen and oxygen atoms in total. The molecule has 0 aliphatic rings. The first-order valence-electron chi connectivity index (χ1n) is 7.35. The van der Waals surface area contributed by atoms with Crippen molar-refractivity contribution in [3.05, 3.63) is 65.1 Å². The maximum Gasteiger partial charge on any atom is 0.274 e. The molecule has 0 bridgehead atoms. The Balaban J connectivity index is 1.89. The van der Waals surface area contributed by atoms with Crippen LogP contribution in [-0.2, 0) is 6.42 Å². The zero-order chi connectivity index (χ0) is 16.2. The number of aromatic nitrogens is 2. The fraction of sp³-hybridized carbons (Fsp3) is 0.176. The van der Waals surface area contributed by atoms with E-state index in [0.717, 1.165) is 24.2 Å². The lowest BCUT2D eigenvalue weighted by atomic mass is 10.2. The van der Waals surface area contributed by atoms with E-state index in [0.29, 0.717) is 16.4 Å². The van der Waals surface area contributed by atoms with Gasteiger partial charge >= 0.3 is 0 Å². The molecule has 3 aromatic rings. The zero-order valence-corrected chi connectivity index (χ0v) is 13.5. The third-order valence-electron chi connectivity index (χ3n) is 3.59. The van der Waals surface area contributed by atoms with Gasteiger partial charge < -0.3 is 10.6 Å². The predicted octanol–water partition coefficient (Wildman–Crippen LogP) is 3.00. The van der Waals surface area contributed by atoms with E-state index in [2.05, 4.69) is 15.6 Å². The number of anilines is 1. The van der Waals surface area contributed by atoms with Crippen LogP contribution in [0.1, 0.15) is 16.1 Å². The minimum Gasteiger partial charge on any atom is -0.319 e. The van der Waals surface area contributed by atoms with Crippen LogP contribution in [0.25, 0.3) is 5.65 Å².